The summed E-state index contributed by atoms with van der Waals surface area (Å²) >= 11 is 0. The number of carbonyl (C=O) groups is 2. The van der Waals surface area contributed by atoms with Crippen molar-refractivity contribution in [3.8, 4) is 0 Å². The maximum absolute atomic E-state index is 12.9. The van der Waals surface area contributed by atoms with Gasteiger partial charge in [0.05, 0.1) is 10.8 Å². The number of halogens is 1. The molecule has 0 heterocycles. The Balaban J connectivity index is 2.06. The highest BCUT2D eigenvalue weighted by Gasteiger charge is 2.51. The second kappa shape index (κ2) is 4.89. The molecule has 2 amide bonds. The van der Waals surface area contributed by atoms with Gasteiger partial charge < -0.3 is 11.1 Å². The zero-order valence-corrected chi connectivity index (χ0v) is 11.7. The van der Waals surface area contributed by atoms with E-state index in [1.165, 1.54) is 12.1 Å². The lowest BCUT2D eigenvalue weighted by atomic mass is 9.91. The zero-order valence-electron chi connectivity index (χ0n) is 11.7. The van der Waals surface area contributed by atoms with Gasteiger partial charge in [0.15, 0.2) is 0 Å². The second-order valence-corrected chi connectivity index (χ2v) is 6.02. The summed E-state index contributed by atoms with van der Waals surface area (Å²) in [5, 5.41) is 2.79. The summed E-state index contributed by atoms with van der Waals surface area (Å²) < 4.78 is 12.9. The lowest BCUT2D eigenvalue weighted by molar-refractivity contribution is -0.127. The van der Waals surface area contributed by atoms with Crippen molar-refractivity contribution in [3.05, 3.63) is 35.6 Å². The molecule has 0 spiro atoms. The van der Waals surface area contributed by atoms with Gasteiger partial charge in [-0.2, -0.15) is 0 Å². The summed E-state index contributed by atoms with van der Waals surface area (Å²) in [7, 11) is 0. The minimum absolute atomic E-state index is 0.126. The molecule has 0 unspecified atom stereocenters. The summed E-state index contributed by atoms with van der Waals surface area (Å²) in [4.78, 5) is 23.6. The van der Waals surface area contributed by atoms with E-state index in [-0.39, 0.29) is 18.3 Å². The Morgan fingerprint density at radius 2 is 1.85 bits per heavy atom. The van der Waals surface area contributed by atoms with Gasteiger partial charge in [-0.05, 0) is 44.4 Å². The van der Waals surface area contributed by atoms with Gasteiger partial charge in [-0.25, -0.2) is 4.39 Å². The van der Waals surface area contributed by atoms with Crippen molar-refractivity contribution in [1.82, 2.24) is 5.32 Å². The van der Waals surface area contributed by atoms with Crippen LogP contribution >= 0.6 is 0 Å². The fourth-order valence-corrected chi connectivity index (χ4v) is 2.10. The number of carbonyl (C=O) groups excluding carboxylic acids is 2. The molecule has 0 saturated heterocycles. The van der Waals surface area contributed by atoms with E-state index in [0.29, 0.717) is 0 Å². The SMILES string of the molecule is CC(C)(CNC(=O)C1(c2ccc(F)cc2)CC1)C(N)=O. The normalized spacial score (nSPS) is 16.6. The Morgan fingerprint density at radius 3 is 2.30 bits per heavy atom. The monoisotopic (exact) mass is 278 g/mol. The van der Waals surface area contributed by atoms with Crippen LogP contribution in [0.4, 0.5) is 4.39 Å². The minimum Gasteiger partial charge on any atom is -0.369 e. The molecule has 1 aromatic rings. The Hall–Kier alpha value is -1.91. The van der Waals surface area contributed by atoms with E-state index in [4.69, 9.17) is 5.73 Å². The first-order valence-corrected chi connectivity index (χ1v) is 6.62. The number of amides is 2. The van der Waals surface area contributed by atoms with Gasteiger partial charge in [0.2, 0.25) is 11.8 Å². The van der Waals surface area contributed by atoms with Crippen LogP contribution in [0, 0.1) is 11.2 Å². The van der Waals surface area contributed by atoms with Gasteiger partial charge in [-0.1, -0.05) is 12.1 Å². The molecule has 1 saturated carbocycles. The van der Waals surface area contributed by atoms with Crippen molar-refractivity contribution in [1.29, 1.82) is 0 Å². The lowest BCUT2D eigenvalue weighted by Gasteiger charge is -2.23. The summed E-state index contributed by atoms with van der Waals surface area (Å²) in [6.07, 6.45) is 1.48. The number of nitrogens with one attached hydrogen (secondary N) is 1. The molecular formula is C15H19FN2O2. The molecule has 0 aromatic heterocycles. The summed E-state index contributed by atoms with van der Waals surface area (Å²) in [5.74, 6) is -0.900. The highest BCUT2D eigenvalue weighted by molar-refractivity contribution is 5.91. The van der Waals surface area contributed by atoms with Crippen LogP contribution in [0.1, 0.15) is 32.3 Å². The van der Waals surface area contributed by atoms with Crippen LogP contribution in [-0.2, 0) is 15.0 Å². The molecule has 1 aliphatic rings. The largest absolute Gasteiger partial charge is 0.369 e. The molecule has 4 nitrogen and oxygen atoms in total. The van der Waals surface area contributed by atoms with Crippen molar-refractivity contribution in [2.24, 2.45) is 11.1 Å². The number of rotatable bonds is 5. The van der Waals surface area contributed by atoms with Crippen molar-refractivity contribution >= 4 is 11.8 Å². The first-order chi connectivity index (χ1) is 9.28. The fraction of sp³-hybridized carbons (Fsp3) is 0.467. The van der Waals surface area contributed by atoms with Gasteiger partial charge in [0.1, 0.15) is 5.82 Å². The lowest BCUT2D eigenvalue weighted by Crippen LogP contribution is -2.45. The average molecular weight is 278 g/mol. The van der Waals surface area contributed by atoms with Gasteiger partial charge in [-0.3, -0.25) is 9.59 Å². The molecule has 3 N–H and O–H groups in total. The molecule has 0 atom stereocenters. The summed E-state index contributed by atoms with van der Waals surface area (Å²) in [6.45, 7) is 3.57. The second-order valence-electron chi connectivity index (χ2n) is 6.02. The van der Waals surface area contributed by atoms with Crippen LogP contribution < -0.4 is 11.1 Å². The van der Waals surface area contributed by atoms with Crippen LogP contribution in [0.25, 0.3) is 0 Å². The van der Waals surface area contributed by atoms with Crippen LogP contribution in [0.2, 0.25) is 0 Å². The van der Waals surface area contributed by atoms with Crippen molar-refractivity contribution in [2.75, 3.05) is 6.54 Å². The van der Waals surface area contributed by atoms with E-state index in [9.17, 15) is 14.0 Å². The minimum atomic E-state index is -0.783. The Kier molecular flexibility index (Phi) is 3.54. The molecule has 20 heavy (non-hydrogen) atoms. The Morgan fingerprint density at radius 1 is 1.30 bits per heavy atom. The molecule has 108 valence electrons. The highest BCUT2D eigenvalue weighted by Crippen LogP contribution is 2.48. The standard InChI is InChI=1S/C15H19FN2O2/c1-14(2,12(17)19)9-18-13(20)15(7-8-15)10-3-5-11(16)6-4-10/h3-6H,7-9H2,1-2H3,(H2,17,19)(H,18,20). The summed E-state index contributed by atoms with van der Waals surface area (Å²) in [6, 6.07) is 5.99. The van der Waals surface area contributed by atoms with E-state index in [1.54, 1.807) is 26.0 Å². The first kappa shape index (κ1) is 14.5. The third kappa shape index (κ3) is 2.66. The predicted molar refractivity (Wildman–Crippen MR) is 73.3 cm³/mol. The van der Waals surface area contributed by atoms with Gasteiger partial charge in [0, 0.05) is 6.54 Å². The quantitative estimate of drug-likeness (QED) is 0.856. The van der Waals surface area contributed by atoms with Crippen molar-refractivity contribution in [3.63, 3.8) is 0 Å². The number of nitrogens with two attached hydrogens (primary N) is 1. The molecule has 2 rings (SSSR count). The highest BCUT2D eigenvalue weighted by atomic mass is 19.1. The van der Waals surface area contributed by atoms with Crippen LogP contribution in [0.15, 0.2) is 24.3 Å². The summed E-state index contributed by atoms with van der Waals surface area (Å²) in [5.41, 5.74) is 4.74. The number of hydrogen-bond acceptors (Lipinski definition) is 2. The van der Waals surface area contributed by atoms with E-state index in [0.717, 1.165) is 18.4 Å². The van der Waals surface area contributed by atoms with Gasteiger partial charge in [0.25, 0.3) is 0 Å². The molecule has 1 aliphatic carbocycles. The molecule has 0 aliphatic heterocycles. The van der Waals surface area contributed by atoms with Crippen LogP contribution in [-0.4, -0.2) is 18.4 Å². The molecule has 1 fully saturated rings. The molecule has 0 radical (unpaired) electrons. The van der Waals surface area contributed by atoms with Crippen molar-refractivity contribution < 1.29 is 14.0 Å². The Bertz CT molecular complexity index is 533. The third-order valence-corrected chi connectivity index (χ3v) is 3.94. The molecule has 1 aromatic carbocycles. The van der Waals surface area contributed by atoms with E-state index < -0.39 is 16.7 Å². The first-order valence-electron chi connectivity index (χ1n) is 6.62. The smallest absolute Gasteiger partial charge is 0.230 e. The number of primary amides is 1. The maximum atomic E-state index is 12.9. The van der Waals surface area contributed by atoms with Gasteiger partial charge in [-0.15, -0.1) is 0 Å². The van der Waals surface area contributed by atoms with E-state index in [1.807, 2.05) is 0 Å². The van der Waals surface area contributed by atoms with Crippen molar-refractivity contribution in [2.45, 2.75) is 32.1 Å². The predicted octanol–water partition coefficient (Wildman–Crippen LogP) is 1.48. The maximum Gasteiger partial charge on any atom is 0.230 e. The van der Waals surface area contributed by atoms with Crippen LogP contribution in [0.5, 0.6) is 0 Å². The third-order valence-electron chi connectivity index (χ3n) is 3.94. The Labute approximate surface area is 117 Å². The molecule has 5 heteroatoms. The molecule has 0 bridgehead atoms. The van der Waals surface area contributed by atoms with E-state index in [2.05, 4.69) is 5.32 Å². The van der Waals surface area contributed by atoms with Crippen LogP contribution in [0.3, 0.4) is 0 Å². The number of benzene rings is 1. The topological polar surface area (TPSA) is 72.2 Å². The fourth-order valence-electron chi connectivity index (χ4n) is 2.10. The molecular weight excluding hydrogens is 259 g/mol. The number of hydrogen-bond donors (Lipinski definition) is 2. The van der Waals surface area contributed by atoms with E-state index >= 15 is 0 Å². The average Bonchev–Trinajstić information content (AvgIpc) is 3.18. The zero-order chi connectivity index (χ0) is 15.0. The van der Waals surface area contributed by atoms with Gasteiger partial charge >= 0.3 is 0 Å².